The lowest BCUT2D eigenvalue weighted by molar-refractivity contribution is -0.117. The standard InChI is InChI=1S/C22H18N6OS/c1-12(29)10-17-21-27-26-14(3)28(21)22-19(13(2)18(30-22)11-23-4)20(25-17)15-6-8-16(24-5)9-7-15/h6-9,17H,10-11H2,1-3H3/t17-/m0/s1. The van der Waals surface area contributed by atoms with E-state index in [2.05, 4.69) is 19.9 Å². The quantitative estimate of drug-likeness (QED) is 0.577. The van der Waals surface area contributed by atoms with Crippen LogP contribution in [0.15, 0.2) is 29.3 Å². The molecule has 0 bridgehead atoms. The molecule has 0 saturated heterocycles. The van der Waals surface area contributed by atoms with Crippen LogP contribution in [0.5, 0.6) is 0 Å². The third kappa shape index (κ3) is 3.22. The van der Waals surface area contributed by atoms with Crippen molar-refractivity contribution in [2.75, 3.05) is 0 Å². The number of carbonyl (C=O) groups is 1. The Bertz CT molecular complexity index is 1270. The van der Waals surface area contributed by atoms with E-state index in [1.165, 1.54) is 0 Å². The van der Waals surface area contributed by atoms with Gasteiger partial charge in [-0.25, -0.2) is 11.4 Å². The van der Waals surface area contributed by atoms with Crippen LogP contribution < -0.4 is 0 Å². The average Bonchev–Trinajstić information content (AvgIpc) is 3.21. The summed E-state index contributed by atoms with van der Waals surface area (Å²) in [6, 6.07) is 6.84. The highest BCUT2D eigenvalue weighted by Gasteiger charge is 2.32. The summed E-state index contributed by atoms with van der Waals surface area (Å²) in [6.07, 6.45) is 0.227. The molecule has 7 nitrogen and oxygen atoms in total. The van der Waals surface area contributed by atoms with Crippen LogP contribution in [0.4, 0.5) is 5.69 Å². The third-order valence-corrected chi connectivity index (χ3v) is 6.33. The van der Waals surface area contributed by atoms with Crippen molar-refractivity contribution in [3.8, 4) is 5.00 Å². The van der Waals surface area contributed by atoms with E-state index in [0.717, 1.165) is 38.1 Å². The van der Waals surface area contributed by atoms with Crippen molar-refractivity contribution in [1.29, 1.82) is 0 Å². The number of rotatable bonds is 4. The van der Waals surface area contributed by atoms with Gasteiger partial charge < -0.3 is 4.85 Å². The molecule has 0 radical (unpaired) electrons. The van der Waals surface area contributed by atoms with Crippen molar-refractivity contribution in [3.05, 3.63) is 80.3 Å². The summed E-state index contributed by atoms with van der Waals surface area (Å²) in [5, 5.41) is 9.52. The summed E-state index contributed by atoms with van der Waals surface area (Å²) < 4.78 is 1.97. The first-order chi connectivity index (χ1) is 14.4. The van der Waals surface area contributed by atoms with Crippen molar-refractivity contribution in [2.45, 2.75) is 39.8 Å². The van der Waals surface area contributed by atoms with Crippen molar-refractivity contribution in [2.24, 2.45) is 4.99 Å². The molecule has 0 unspecified atom stereocenters. The monoisotopic (exact) mass is 414 g/mol. The molecule has 1 atom stereocenters. The highest BCUT2D eigenvalue weighted by molar-refractivity contribution is 7.15. The maximum atomic E-state index is 12.0. The number of thiophene rings is 1. The van der Waals surface area contributed by atoms with Gasteiger partial charge in [-0.15, -0.1) is 21.5 Å². The minimum Gasteiger partial charge on any atom is -0.311 e. The first kappa shape index (κ1) is 19.7. The van der Waals surface area contributed by atoms with Crippen LogP contribution in [0, 0.1) is 27.0 Å². The molecule has 8 heteroatoms. The second-order valence-electron chi connectivity index (χ2n) is 7.15. The molecule has 2 aromatic heterocycles. The van der Waals surface area contributed by atoms with E-state index in [-0.39, 0.29) is 12.2 Å². The molecule has 0 amide bonds. The average molecular weight is 414 g/mol. The molecule has 3 aromatic rings. The van der Waals surface area contributed by atoms with Crippen LogP contribution in [0.2, 0.25) is 0 Å². The van der Waals surface area contributed by atoms with Crippen molar-refractivity contribution in [3.63, 3.8) is 0 Å². The Hall–Kier alpha value is -3.62. The minimum absolute atomic E-state index is 0.0225. The highest BCUT2D eigenvalue weighted by Crippen LogP contribution is 2.40. The molecule has 1 aromatic carbocycles. The molecule has 0 N–H and O–H groups in total. The van der Waals surface area contributed by atoms with E-state index in [0.29, 0.717) is 18.1 Å². The van der Waals surface area contributed by atoms with Gasteiger partial charge in [-0.1, -0.05) is 24.3 Å². The van der Waals surface area contributed by atoms with Gasteiger partial charge in [0.2, 0.25) is 6.54 Å². The van der Waals surface area contributed by atoms with Crippen LogP contribution in [0.1, 0.15) is 52.6 Å². The van der Waals surface area contributed by atoms with Crippen molar-refractivity contribution < 1.29 is 4.79 Å². The fourth-order valence-electron chi connectivity index (χ4n) is 3.65. The summed E-state index contributed by atoms with van der Waals surface area (Å²) >= 11 is 1.54. The lowest BCUT2D eigenvalue weighted by Gasteiger charge is -2.11. The van der Waals surface area contributed by atoms with Crippen molar-refractivity contribution >= 4 is 28.5 Å². The van der Waals surface area contributed by atoms with E-state index in [9.17, 15) is 4.79 Å². The molecule has 0 saturated carbocycles. The van der Waals surface area contributed by atoms with Gasteiger partial charge >= 0.3 is 0 Å². The number of aliphatic imine (C=N–C) groups is 1. The maximum Gasteiger partial charge on any atom is 0.249 e. The van der Waals surface area contributed by atoms with Gasteiger partial charge in [0.1, 0.15) is 22.7 Å². The number of hydrogen-bond acceptors (Lipinski definition) is 5. The van der Waals surface area contributed by atoms with Crippen LogP contribution >= 0.6 is 11.3 Å². The van der Waals surface area contributed by atoms with Gasteiger partial charge in [0.05, 0.1) is 17.2 Å². The summed E-state index contributed by atoms with van der Waals surface area (Å²) in [7, 11) is 0. The zero-order valence-electron chi connectivity index (χ0n) is 16.8. The zero-order valence-corrected chi connectivity index (χ0v) is 17.6. The first-order valence-corrected chi connectivity index (χ1v) is 10.2. The second-order valence-corrected chi connectivity index (χ2v) is 8.23. The Morgan fingerprint density at radius 2 is 1.93 bits per heavy atom. The molecule has 0 aliphatic carbocycles. The number of aromatic nitrogens is 3. The van der Waals surface area contributed by atoms with Gasteiger partial charge in [-0.3, -0.25) is 14.4 Å². The van der Waals surface area contributed by atoms with Crippen LogP contribution in [-0.4, -0.2) is 26.3 Å². The number of Topliss-reactive ketones (excluding diaryl/α,β-unsaturated/α-hetero) is 1. The SMILES string of the molecule is [C-]#[N+]Cc1sc2c(c1C)C(c1ccc([N+]#[C-])cc1)=N[C@@H](CC(C)=O)c1nnc(C)n1-2. The van der Waals surface area contributed by atoms with Crippen LogP contribution in [0.3, 0.4) is 0 Å². The number of ketones is 1. The van der Waals surface area contributed by atoms with E-state index in [1.807, 2.05) is 30.5 Å². The van der Waals surface area contributed by atoms with E-state index >= 15 is 0 Å². The summed E-state index contributed by atoms with van der Waals surface area (Å²) in [5.74, 6) is 1.37. The molecule has 148 valence electrons. The molecule has 30 heavy (non-hydrogen) atoms. The van der Waals surface area contributed by atoms with Gasteiger partial charge in [0, 0.05) is 12.0 Å². The number of fused-ring (bicyclic) bond motifs is 3. The van der Waals surface area contributed by atoms with E-state index < -0.39 is 6.04 Å². The number of hydrogen-bond donors (Lipinski definition) is 0. The fourth-order valence-corrected chi connectivity index (χ4v) is 4.94. The molecule has 0 fully saturated rings. The second kappa shape index (κ2) is 7.66. The smallest absolute Gasteiger partial charge is 0.249 e. The molecule has 1 aliphatic rings. The lowest BCUT2D eigenvalue weighted by Crippen LogP contribution is -2.09. The summed E-state index contributed by atoms with van der Waals surface area (Å²) in [6.45, 7) is 20.2. The van der Waals surface area contributed by atoms with Gasteiger partial charge in [-0.05, 0) is 31.9 Å². The zero-order chi connectivity index (χ0) is 21.4. The Balaban J connectivity index is 2.03. The Labute approximate surface area is 178 Å². The van der Waals surface area contributed by atoms with Gasteiger partial charge in [0.15, 0.2) is 11.5 Å². The molecular formula is C22H18N6OS. The summed E-state index contributed by atoms with van der Waals surface area (Å²) in [5.41, 5.74) is 4.11. The molecular weight excluding hydrogens is 396 g/mol. The highest BCUT2D eigenvalue weighted by atomic mass is 32.1. The number of benzene rings is 1. The third-order valence-electron chi connectivity index (χ3n) is 5.07. The number of carbonyl (C=O) groups excluding carboxylic acids is 1. The molecule has 0 spiro atoms. The predicted octanol–water partition coefficient (Wildman–Crippen LogP) is 4.79. The van der Waals surface area contributed by atoms with Crippen LogP contribution in [0.25, 0.3) is 14.7 Å². The lowest BCUT2D eigenvalue weighted by atomic mass is 9.99. The first-order valence-electron chi connectivity index (χ1n) is 9.37. The summed E-state index contributed by atoms with van der Waals surface area (Å²) in [4.78, 5) is 25.0. The number of aryl methyl sites for hydroxylation is 1. The van der Waals surface area contributed by atoms with Crippen molar-refractivity contribution in [1.82, 2.24) is 14.8 Å². The minimum atomic E-state index is -0.456. The number of nitrogens with zero attached hydrogens (tertiary/aromatic N) is 6. The maximum absolute atomic E-state index is 12.0. The molecule has 4 rings (SSSR count). The topological polar surface area (TPSA) is 68.9 Å². The Kier molecular flexibility index (Phi) is 5.03. The van der Waals surface area contributed by atoms with E-state index in [1.54, 1.807) is 30.4 Å². The van der Waals surface area contributed by atoms with Crippen LogP contribution in [-0.2, 0) is 11.3 Å². The van der Waals surface area contributed by atoms with Gasteiger partial charge in [0.25, 0.3) is 0 Å². The Morgan fingerprint density at radius 1 is 1.20 bits per heavy atom. The Morgan fingerprint density at radius 3 is 2.57 bits per heavy atom. The molecule has 3 heterocycles. The normalized spacial score (nSPS) is 14.7. The fraction of sp³-hybridized carbons (Fsp3) is 0.273. The predicted molar refractivity (Wildman–Crippen MR) is 115 cm³/mol. The molecule has 1 aliphatic heterocycles. The van der Waals surface area contributed by atoms with Gasteiger partial charge in [-0.2, -0.15) is 0 Å². The largest absolute Gasteiger partial charge is 0.311 e. The van der Waals surface area contributed by atoms with E-state index in [4.69, 9.17) is 18.1 Å².